The summed E-state index contributed by atoms with van der Waals surface area (Å²) >= 11 is 4.63. The van der Waals surface area contributed by atoms with Gasteiger partial charge >= 0.3 is 0 Å². The monoisotopic (exact) mass is 192 g/mol. The zero-order chi connectivity index (χ0) is 8.69. The number of hydrogen-bond donors (Lipinski definition) is 1. The Labute approximate surface area is 77.2 Å². The van der Waals surface area contributed by atoms with E-state index in [1.54, 1.807) is 7.11 Å². The molecule has 0 saturated carbocycles. The maximum atomic E-state index is 5.34. The van der Waals surface area contributed by atoms with Gasteiger partial charge in [0, 0.05) is 7.11 Å². The van der Waals surface area contributed by atoms with E-state index in [1.165, 1.54) is 18.9 Å². The van der Waals surface area contributed by atoms with Crippen LogP contribution < -0.4 is 0 Å². The number of rotatable bonds is 6. The van der Waals surface area contributed by atoms with Crippen molar-refractivity contribution in [3.63, 3.8) is 0 Å². The van der Waals surface area contributed by atoms with Gasteiger partial charge in [-0.2, -0.15) is 0 Å². The molecule has 0 heterocycles. The zero-order valence-corrected chi connectivity index (χ0v) is 9.89. The van der Waals surface area contributed by atoms with E-state index >= 15 is 0 Å². The molecule has 0 rings (SSSR count). The molecular weight excluding hydrogens is 172 g/mol. The smallest absolute Gasteiger partial charge is 0.129 e. The van der Waals surface area contributed by atoms with E-state index in [0.29, 0.717) is 5.73 Å². The summed E-state index contributed by atoms with van der Waals surface area (Å²) in [6, 6.07) is 1.31. The zero-order valence-electron chi connectivity index (χ0n) is 7.84. The lowest BCUT2D eigenvalue weighted by atomic mass is 10.4. The summed E-state index contributed by atoms with van der Waals surface area (Å²) in [5.74, 6) is 0. The Morgan fingerprint density at radius 2 is 2.09 bits per heavy atom. The Morgan fingerprint density at radius 3 is 2.45 bits per heavy atom. The van der Waals surface area contributed by atoms with E-state index < -0.39 is 7.95 Å². The fourth-order valence-corrected chi connectivity index (χ4v) is 4.80. The van der Waals surface area contributed by atoms with Crippen LogP contribution in [-0.4, -0.2) is 20.8 Å². The minimum absolute atomic E-state index is 0.477. The summed E-state index contributed by atoms with van der Waals surface area (Å²) < 4.78 is 5.34. The van der Waals surface area contributed by atoms with Gasteiger partial charge in [0.1, 0.15) is 7.95 Å². The molecule has 0 radical (unpaired) electrons. The van der Waals surface area contributed by atoms with Gasteiger partial charge < -0.3 is 4.74 Å². The van der Waals surface area contributed by atoms with Gasteiger partial charge in [0.05, 0.1) is 5.73 Å². The molecule has 0 spiro atoms. The van der Waals surface area contributed by atoms with E-state index in [0.717, 1.165) is 6.42 Å². The molecule has 2 atom stereocenters. The molecule has 0 aliphatic heterocycles. The molecular formula is C8H20OSSi. The first-order chi connectivity index (χ1) is 5.26. The largest absolute Gasteiger partial charge is 0.384 e. The number of unbranched alkanes of at least 4 members (excludes halogenated alkanes) is 1. The Hall–Kier alpha value is 0.527. The Morgan fingerprint density at radius 1 is 1.45 bits per heavy atom. The second-order valence-electron chi connectivity index (χ2n) is 2.89. The van der Waals surface area contributed by atoms with Crippen LogP contribution in [0.15, 0.2) is 0 Å². The van der Waals surface area contributed by atoms with E-state index in [-0.39, 0.29) is 0 Å². The Kier molecular flexibility index (Phi) is 7.54. The minimum Gasteiger partial charge on any atom is -0.384 e. The van der Waals surface area contributed by atoms with Crippen molar-refractivity contribution in [3.8, 4) is 0 Å². The minimum atomic E-state index is -0.863. The second kappa shape index (κ2) is 7.19. The molecule has 0 amide bonds. The van der Waals surface area contributed by atoms with Crippen LogP contribution in [0.5, 0.6) is 0 Å². The third-order valence-electron chi connectivity index (χ3n) is 1.99. The molecule has 68 valence electrons. The van der Waals surface area contributed by atoms with Crippen molar-refractivity contribution in [2.45, 2.75) is 44.9 Å². The summed E-state index contributed by atoms with van der Waals surface area (Å²) in [5.41, 5.74) is 0.477. The normalized spacial score (nSPS) is 16.4. The molecule has 11 heavy (non-hydrogen) atoms. The molecule has 0 aromatic rings. The first-order valence-corrected chi connectivity index (χ1v) is 8.01. The standard InChI is InChI=1S/C8H20OSSi/c1-4-6-7-11(10)8(5-2)9-3/h8,10-11H,4-7H2,1-3H3. The van der Waals surface area contributed by atoms with Crippen molar-refractivity contribution in [2.75, 3.05) is 7.11 Å². The van der Waals surface area contributed by atoms with Crippen LogP contribution in [0.1, 0.15) is 33.1 Å². The highest BCUT2D eigenvalue weighted by atomic mass is 32.3. The van der Waals surface area contributed by atoms with Crippen LogP contribution >= 0.6 is 12.1 Å². The van der Waals surface area contributed by atoms with Gasteiger partial charge in [-0.1, -0.05) is 26.7 Å². The van der Waals surface area contributed by atoms with Gasteiger partial charge in [-0.25, -0.2) is 12.1 Å². The average molecular weight is 192 g/mol. The molecule has 1 nitrogen and oxygen atoms in total. The SMILES string of the molecule is CCCC[SiH](S)C(CC)OC. The average Bonchev–Trinajstić information content (AvgIpc) is 2.03. The van der Waals surface area contributed by atoms with Crippen molar-refractivity contribution in [1.82, 2.24) is 0 Å². The highest BCUT2D eigenvalue weighted by molar-refractivity contribution is 8.10. The highest BCUT2D eigenvalue weighted by Crippen LogP contribution is 2.12. The van der Waals surface area contributed by atoms with Crippen LogP contribution in [-0.2, 0) is 4.74 Å². The van der Waals surface area contributed by atoms with E-state index in [2.05, 4.69) is 25.9 Å². The van der Waals surface area contributed by atoms with Gasteiger partial charge in [0.15, 0.2) is 0 Å². The molecule has 2 unspecified atom stereocenters. The lowest BCUT2D eigenvalue weighted by molar-refractivity contribution is 0.159. The van der Waals surface area contributed by atoms with Crippen molar-refractivity contribution in [3.05, 3.63) is 0 Å². The Bertz CT molecular complexity index is 86.2. The highest BCUT2D eigenvalue weighted by Gasteiger charge is 2.16. The molecule has 0 aliphatic carbocycles. The van der Waals surface area contributed by atoms with Gasteiger partial charge in [-0.3, -0.25) is 0 Å². The van der Waals surface area contributed by atoms with E-state index in [9.17, 15) is 0 Å². The van der Waals surface area contributed by atoms with E-state index in [1.807, 2.05) is 0 Å². The number of ether oxygens (including phenoxy) is 1. The number of thiol groups is 1. The number of hydrogen-bond acceptors (Lipinski definition) is 2. The van der Waals surface area contributed by atoms with Crippen LogP contribution in [0, 0.1) is 0 Å². The van der Waals surface area contributed by atoms with Crippen molar-refractivity contribution in [2.24, 2.45) is 0 Å². The lowest BCUT2D eigenvalue weighted by Crippen LogP contribution is -2.26. The fraction of sp³-hybridized carbons (Fsp3) is 1.00. The predicted molar refractivity (Wildman–Crippen MR) is 56.9 cm³/mol. The fourth-order valence-electron chi connectivity index (χ4n) is 1.19. The maximum absolute atomic E-state index is 5.34. The Balaban J connectivity index is 3.51. The van der Waals surface area contributed by atoms with Gasteiger partial charge in [-0.15, -0.1) is 0 Å². The van der Waals surface area contributed by atoms with Crippen molar-refractivity contribution in [1.29, 1.82) is 0 Å². The number of methoxy groups -OCH3 is 1. The topological polar surface area (TPSA) is 9.23 Å². The maximum Gasteiger partial charge on any atom is 0.129 e. The second-order valence-corrected chi connectivity index (χ2v) is 7.34. The third kappa shape index (κ3) is 4.88. The summed E-state index contributed by atoms with van der Waals surface area (Å²) in [5, 5.41) is 0. The van der Waals surface area contributed by atoms with Gasteiger partial charge in [0.2, 0.25) is 0 Å². The molecule has 0 aromatic carbocycles. The summed E-state index contributed by atoms with van der Waals surface area (Å²) in [6.07, 6.45) is 3.73. The van der Waals surface area contributed by atoms with Crippen molar-refractivity contribution >= 4 is 20.0 Å². The van der Waals surface area contributed by atoms with Crippen molar-refractivity contribution < 1.29 is 4.74 Å². The summed E-state index contributed by atoms with van der Waals surface area (Å²) in [4.78, 5) is 0. The molecule has 0 saturated heterocycles. The molecule has 0 N–H and O–H groups in total. The van der Waals surface area contributed by atoms with Crippen LogP contribution in [0.4, 0.5) is 0 Å². The third-order valence-corrected chi connectivity index (χ3v) is 6.36. The molecule has 3 heteroatoms. The first-order valence-electron chi connectivity index (χ1n) is 4.47. The molecule has 0 aliphatic rings. The van der Waals surface area contributed by atoms with E-state index in [4.69, 9.17) is 4.74 Å². The summed E-state index contributed by atoms with van der Waals surface area (Å²) in [6.45, 7) is 4.40. The van der Waals surface area contributed by atoms with Crippen LogP contribution in [0.3, 0.4) is 0 Å². The van der Waals surface area contributed by atoms with Crippen LogP contribution in [0.25, 0.3) is 0 Å². The first kappa shape index (κ1) is 11.5. The molecule has 0 fully saturated rings. The van der Waals surface area contributed by atoms with Gasteiger partial charge in [0.25, 0.3) is 0 Å². The quantitative estimate of drug-likeness (QED) is 0.502. The van der Waals surface area contributed by atoms with Gasteiger partial charge in [-0.05, 0) is 12.5 Å². The lowest BCUT2D eigenvalue weighted by Gasteiger charge is -2.18. The molecule has 0 aromatic heterocycles. The van der Waals surface area contributed by atoms with Crippen LogP contribution in [0.2, 0.25) is 6.04 Å². The predicted octanol–water partition coefficient (Wildman–Crippen LogP) is 2.40. The summed E-state index contributed by atoms with van der Waals surface area (Å²) in [7, 11) is 0.939. The molecule has 0 bridgehead atoms.